The first-order valence-electron chi connectivity index (χ1n) is 6.56. The third kappa shape index (κ3) is 3.83. The lowest BCUT2D eigenvalue weighted by Crippen LogP contribution is -1.99. The molecule has 2 aromatic carbocycles. The number of aliphatic hydroxyl groups excluding tert-OH is 1. The highest BCUT2D eigenvalue weighted by Crippen LogP contribution is 2.20. The van der Waals surface area contributed by atoms with Gasteiger partial charge in [0.2, 0.25) is 0 Å². The molecule has 2 nitrogen and oxygen atoms in total. The van der Waals surface area contributed by atoms with Gasteiger partial charge in [0, 0.05) is 0 Å². The maximum atomic E-state index is 10.1. The highest BCUT2D eigenvalue weighted by Gasteiger charge is 2.07. The highest BCUT2D eigenvalue weighted by molar-refractivity contribution is 5.28. The summed E-state index contributed by atoms with van der Waals surface area (Å²) >= 11 is 0. The van der Waals surface area contributed by atoms with Crippen molar-refractivity contribution in [1.29, 1.82) is 0 Å². The zero-order chi connectivity index (χ0) is 13.7. The molecule has 1 unspecified atom stereocenters. The van der Waals surface area contributed by atoms with E-state index in [1.54, 1.807) is 7.11 Å². The fraction of sp³-hybridized carbons (Fsp3) is 0.294. The quantitative estimate of drug-likeness (QED) is 0.884. The molecule has 2 heteroatoms. The predicted molar refractivity (Wildman–Crippen MR) is 77.5 cm³/mol. The molecule has 0 saturated heterocycles. The monoisotopic (exact) mass is 256 g/mol. The molecule has 0 bridgehead atoms. The highest BCUT2D eigenvalue weighted by atomic mass is 16.5. The SMILES string of the molecule is COc1ccc(CCC(O)c2ccc(C)cc2)cc1. The van der Waals surface area contributed by atoms with E-state index in [4.69, 9.17) is 4.74 Å². The van der Waals surface area contributed by atoms with Crippen LogP contribution in [0.2, 0.25) is 0 Å². The van der Waals surface area contributed by atoms with E-state index in [1.807, 2.05) is 55.5 Å². The maximum absolute atomic E-state index is 10.1. The number of benzene rings is 2. The van der Waals surface area contributed by atoms with Crippen molar-refractivity contribution in [2.24, 2.45) is 0 Å². The first-order valence-corrected chi connectivity index (χ1v) is 6.56. The number of hydrogen-bond donors (Lipinski definition) is 1. The van der Waals surface area contributed by atoms with E-state index >= 15 is 0 Å². The summed E-state index contributed by atoms with van der Waals surface area (Å²) in [4.78, 5) is 0. The first-order chi connectivity index (χ1) is 9.19. The van der Waals surface area contributed by atoms with E-state index in [1.165, 1.54) is 11.1 Å². The topological polar surface area (TPSA) is 29.5 Å². The first kappa shape index (κ1) is 13.6. The van der Waals surface area contributed by atoms with Gasteiger partial charge in [0.25, 0.3) is 0 Å². The molecule has 0 aliphatic rings. The summed E-state index contributed by atoms with van der Waals surface area (Å²) in [5, 5.41) is 10.1. The Labute approximate surface area is 114 Å². The third-order valence-electron chi connectivity index (χ3n) is 3.33. The molecule has 0 amide bonds. The zero-order valence-electron chi connectivity index (χ0n) is 11.5. The van der Waals surface area contributed by atoms with Crippen molar-refractivity contribution in [2.75, 3.05) is 7.11 Å². The second kappa shape index (κ2) is 6.39. The number of ether oxygens (including phenoxy) is 1. The summed E-state index contributed by atoms with van der Waals surface area (Å²) in [5.74, 6) is 0.864. The van der Waals surface area contributed by atoms with Gasteiger partial charge in [-0.05, 0) is 43.0 Å². The molecule has 0 saturated carbocycles. The van der Waals surface area contributed by atoms with Crippen LogP contribution in [0.15, 0.2) is 48.5 Å². The number of hydrogen-bond acceptors (Lipinski definition) is 2. The molecular formula is C17H20O2. The summed E-state index contributed by atoms with van der Waals surface area (Å²) in [6.07, 6.45) is 1.19. The molecule has 1 atom stereocenters. The number of methoxy groups -OCH3 is 1. The molecular weight excluding hydrogens is 236 g/mol. The van der Waals surface area contributed by atoms with Crippen LogP contribution in [0.3, 0.4) is 0 Å². The Balaban J connectivity index is 1.92. The van der Waals surface area contributed by atoms with Crippen LogP contribution in [-0.2, 0) is 6.42 Å². The lowest BCUT2D eigenvalue weighted by Gasteiger charge is -2.11. The van der Waals surface area contributed by atoms with Crippen LogP contribution in [0.5, 0.6) is 5.75 Å². The smallest absolute Gasteiger partial charge is 0.118 e. The van der Waals surface area contributed by atoms with Crippen LogP contribution < -0.4 is 4.74 Å². The van der Waals surface area contributed by atoms with Gasteiger partial charge in [-0.25, -0.2) is 0 Å². The average molecular weight is 256 g/mol. The molecule has 100 valence electrons. The van der Waals surface area contributed by atoms with E-state index in [0.29, 0.717) is 0 Å². The molecule has 0 aliphatic carbocycles. The van der Waals surface area contributed by atoms with Gasteiger partial charge in [0.1, 0.15) is 5.75 Å². The average Bonchev–Trinajstić information content (AvgIpc) is 2.46. The largest absolute Gasteiger partial charge is 0.497 e. The molecule has 0 fully saturated rings. The second-order valence-electron chi connectivity index (χ2n) is 4.81. The van der Waals surface area contributed by atoms with Crippen LogP contribution in [0.1, 0.15) is 29.2 Å². The Hall–Kier alpha value is -1.80. The Morgan fingerprint density at radius 1 is 1.00 bits per heavy atom. The zero-order valence-corrected chi connectivity index (χ0v) is 11.5. The minimum absolute atomic E-state index is 0.400. The van der Waals surface area contributed by atoms with Gasteiger partial charge in [0.05, 0.1) is 13.2 Å². The molecule has 0 radical (unpaired) electrons. The van der Waals surface area contributed by atoms with Gasteiger partial charge in [-0.1, -0.05) is 42.0 Å². The fourth-order valence-corrected chi connectivity index (χ4v) is 2.05. The molecule has 0 aromatic heterocycles. The van der Waals surface area contributed by atoms with Crippen molar-refractivity contribution in [3.05, 3.63) is 65.2 Å². The fourth-order valence-electron chi connectivity index (χ4n) is 2.05. The van der Waals surface area contributed by atoms with E-state index in [-0.39, 0.29) is 0 Å². The van der Waals surface area contributed by atoms with Crippen molar-refractivity contribution < 1.29 is 9.84 Å². The predicted octanol–water partition coefficient (Wildman–Crippen LogP) is 3.67. The second-order valence-corrected chi connectivity index (χ2v) is 4.81. The van der Waals surface area contributed by atoms with E-state index in [2.05, 4.69) is 0 Å². The van der Waals surface area contributed by atoms with Crippen molar-refractivity contribution >= 4 is 0 Å². The normalized spacial score (nSPS) is 12.2. The van der Waals surface area contributed by atoms with Crippen LogP contribution >= 0.6 is 0 Å². The number of aliphatic hydroxyl groups is 1. The summed E-state index contributed by atoms with van der Waals surface area (Å²) in [5.41, 5.74) is 3.41. The van der Waals surface area contributed by atoms with Crippen molar-refractivity contribution in [1.82, 2.24) is 0 Å². The summed E-state index contributed by atoms with van der Waals surface area (Å²) in [7, 11) is 1.66. The molecule has 0 spiro atoms. The molecule has 2 aromatic rings. The van der Waals surface area contributed by atoms with E-state index < -0.39 is 6.10 Å². The Morgan fingerprint density at radius 3 is 2.21 bits per heavy atom. The number of aryl methyl sites for hydroxylation is 2. The van der Waals surface area contributed by atoms with Gasteiger partial charge in [-0.2, -0.15) is 0 Å². The van der Waals surface area contributed by atoms with Gasteiger partial charge < -0.3 is 9.84 Å². The number of rotatable bonds is 5. The van der Waals surface area contributed by atoms with Crippen molar-refractivity contribution in [2.45, 2.75) is 25.9 Å². The summed E-state index contributed by atoms with van der Waals surface area (Å²) < 4.78 is 5.13. The lowest BCUT2D eigenvalue weighted by atomic mass is 10.0. The molecule has 19 heavy (non-hydrogen) atoms. The summed E-state index contributed by atoms with van der Waals surface area (Å²) in [6.45, 7) is 2.05. The van der Waals surface area contributed by atoms with E-state index in [9.17, 15) is 5.11 Å². The van der Waals surface area contributed by atoms with Gasteiger partial charge in [-0.15, -0.1) is 0 Å². The Kier molecular flexibility index (Phi) is 4.58. The Bertz CT molecular complexity index is 500. The minimum Gasteiger partial charge on any atom is -0.497 e. The van der Waals surface area contributed by atoms with Crippen molar-refractivity contribution in [3.63, 3.8) is 0 Å². The molecule has 0 aliphatic heterocycles. The minimum atomic E-state index is -0.400. The van der Waals surface area contributed by atoms with Gasteiger partial charge in [-0.3, -0.25) is 0 Å². The van der Waals surface area contributed by atoms with Crippen LogP contribution in [0, 0.1) is 6.92 Å². The van der Waals surface area contributed by atoms with Crippen LogP contribution in [0.25, 0.3) is 0 Å². The van der Waals surface area contributed by atoms with Crippen molar-refractivity contribution in [3.8, 4) is 5.75 Å². The third-order valence-corrected chi connectivity index (χ3v) is 3.33. The molecule has 1 N–H and O–H groups in total. The van der Waals surface area contributed by atoms with Gasteiger partial charge in [0.15, 0.2) is 0 Å². The lowest BCUT2D eigenvalue weighted by molar-refractivity contribution is 0.168. The standard InChI is InChI=1S/C17H20O2/c1-13-3-8-15(9-4-13)17(18)12-7-14-5-10-16(19-2)11-6-14/h3-6,8-11,17-18H,7,12H2,1-2H3. The van der Waals surface area contributed by atoms with Gasteiger partial charge >= 0.3 is 0 Å². The van der Waals surface area contributed by atoms with E-state index in [0.717, 1.165) is 24.2 Å². The molecule has 0 heterocycles. The Morgan fingerprint density at radius 2 is 1.63 bits per heavy atom. The van der Waals surface area contributed by atoms with Crippen LogP contribution in [-0.4, -0.2) is 12.2 Å². The maximum Gasteiger partial charge on any atom is 0.118 e. The molecule has 2 rings (SSSR count). The van der Waals surface area contributed by atoms with Crippen LogP contribution in [0.4, 0.5) is 0 Å². The summed E-state index contributed by atoms with van der Waals surface area (Å²) in [6, 6.07) is 16.0.